The lowest BCUT2D eigenvalue weighted by Crippen LogP contribution is -2.37. The Morgan fingerprint density at radius 1 is 1.35 bits per heavy atom. The highest BCUT2D eigenvalue weighted by molar-refractivity contribution is 7.07. The van der Waals surface area contributed by atoms with Gasteiger partial charge in [0.25, 0.3) is 0 Å². The first kappa shape index (κ1) is 15.0. The molecule has 0 spiro atoms. The van der Waals surface area contributed by atoms with Crippen molar-refractivity contribution in [3.63, 3.8) is 0 Å². The smallest absolute Gasteiger partial charge is 0.309 e. The summed E-state index contributed by atoms with van der Waals surface area (Å²) < 4.78 is 11.1. The average molecular weight is 331 g/mol. The Morgan fingerprint density at radius 2 is 2.22 bits per heavy atom. The number of rotatable bonds is 5. The van der Waals surface area contributed by atoms with Crippen molar-refractivity contribution in [1.82, 2.24) is 4.90 Å². The van der Waals surface area contributed by atoms with Crippen LogP contribution in [0.2, 0.25) is 0 Å². The Hall–Kier alpha value is -1.59. The van der Waals surface area contributed by atoms with Gasteiger partial charge in [0, 0.05) is 25.6 Å². The summed E-state index contributed by atoms with van der Waals surface area (Å²) in [5.74, 6) is 1.11. The molecule has 4 nitrogen and oxygen atoms in total. The quantitative estimate of drug-likeness (QED) is 0.784. The summed E-state index contributed by atoms with van der Waals surface area (Å²) in [6.07, 6.45) is 4.49. The van der Waals surface area contributed by atoms with Crippen molar-refractivity contribution < 1.29 is 13.9 Å². The van der Waals surface area contributed by atoms with E-state index in [0.29, 0.717) is 0 Å². The van der Waals surface area contributed by atoms with E-state index in [0.717, 1.165) is 44.7 Å². The van der Waals surface area contributed by atoms with Crippen molar-refractivity contribution in [3.05, 3.63) is 46.5 Å². The van der Waals surface area contributed by atoms with Gasteiger partial charge < -0.3 is 9.15 Å². The lowest BCUT2D eigenvalue weighted by atomic mass is 10.1. The van der Waals surface area contributed by atoms with E-state index in [1.807, 2.05) is 12.1 Å². The Kier molecular flexibility index (Phi) is 4.23. The highest BCUT2D eigenvalue weighted by Crippen LogP contribution is 2.48. The minimum absolute atomic E-state index is 0.00462. The van der Waals surface area contributed by atoms with E-state index in [1.165, 1.54) is 5.56 Å². The second kappa shape index (κ2) is 6.49. The number of nitrogens with zero attached hydrogens (tertiary/aromatic N) is 1. The molecule has 0 amide bonds. The van der Waals surface area contributed by atoms with Crippen molar-refractivity contribution in [1.29, 1.82) is 0 Å². The van der Waals surface area contributed by atoms with Gasteiger partial charge in [0.15, 0.2) is 0 Å². The van der Waals surface area contributed by atoms with Gasteiger partial charge in [0.05, 0.1) is 12.2 Å². The molecule has 1 aliphatic carbocycles. The maximum absolute atomic E-state index is 12.2. The molecular formula is C18H21NO3S. The maximum Gasteiger partial charge on any atom is 0.309 e. The van der Waals surface area contributed by atoms with Crippen molar-refractivity contribution in [2.24, 2.45) is 5.92 Å². The number of thiophene rings is 1. The molecule has 1 aliphatic heterocycles. The topological polar surface area (TPSA) is 42.7 Å². The lowest BCUT2D eigenvalue weighted by Gasteiger charge is -2.31. The minimum Gasteiger partial charge on any atom is -0.469 e. The first-order chi connectivity index (χ1) is 11.3. The Morgan fingerprint density at radius 3 is 2.91 bits per heavy atom. The minimum atomic E-state index is -0.0392. The maximum atomic E-state index is 12.2. The van der Waals surface area contributed by atoms with Gasteiger partial charge in [-0.3, -0.25) is 9.69 Å². The normalized spacial score (nSPS) is 25.4. The number of carbonyl (C=O) groups excluding carboxylic acids is 1. The summed E-state index contributed by atoms with van der Waals surface area (Å²) in [4.78, 5) is 14.7. The van der Waals surface area contributed by atoms with Crippen molar-refractivity contribution in [2.75, 3.05) is 13.1 Å². The number of esters is 1. The zero-order valence-electron chi connectivity index (χ0n) is 13.0. The summed E-state index contributed by atoms with van der Waals surface area (Å²) in [6.45, 7) is 3.01. The van der Waals surface area contributed by atoms with Gasteiger partial charge in [-0.1, -0.05) is 0 Å². The number of likely N-dealkylation sites (tertiary alicyclic amines) is 1. The molecule has 0 unspecified atom stereocenters. The molecule has 0 N–H and O–H groups in total. The fraction of sp³-hybridized carbons (Fsp3) is 0.500. The van der Waals surface area contributed by atoms with E-state index in [4.69, 9.17) is 9.15 Å². The van der Waals surface area contributed by atoms with Crippen LogP contribution in [0.1, 0.15) is 36.5 Å². The highest BCUT2D eigenvalue weighted by Gasteiger charge is 2.47. The van der Waals surface area contributed by atoms with Crippen LogP contribution >= 0.6 is 11.3 Å². The standard InChI is InChI=1S/C18H21NO3S/c20-18(16-10-15(16)17-2-1-8-21-17)22-14-3-6-19(7-4-14)11-13-5-9-23-12-13/h1-2,5,8-9,12,14-16H,3-4,6-7,10-11H2/t15-,16-/m1/s1. The van der Waals surface area contributed by atoms with E-state index in [9.17, 15) is 4.79 Å². The first-order valence-electron chi connectivity index (χ1n) is 8.27. The van der Waals surface area contributed by atoms with Crippen molar-refractivity contribution in [2.45, 2.75) is 37.8 Å². The highest BCUT2D eigenvalue weighted by atomic mass is 32.1. The Bertz CT molecular complexity index is 629. The number of hydrogen-bond acceptors (Lipinski definition) is 5. The number of piperidine rings is 1. The van der Waals surface area contributed by atoms with Crippen LogP contribution in [-0.2, 0) is 16.1 Å². The molecule has 122 valence electrons. The monoisotopic (exact) mass is 331 g/mol. The first-order valence-corrected chi connectivity index (χ1v) is 9.21. The lowest BCUT2D eigenvalue weighted by molar-refractivity contribution is -0.153. The van der Waals surface area contributed by atoms with Crippen LogP contribution in [0.15, 0.2) is 39.6 Å². The van der Waals surface area contributed by atoms with E-state index >= 15 is 0 Å². The van der Waals surface area contributed by atoms with E-state index < -0.39 is 0 Å². The van der Waals surface area contributed by atoms with Crippen molar-refractivity contribution in [3.8, 4) is 0 Å². The molecule has 4 rings (SSSR count). The van der Waals surface area contributed by atoms with Gasteiger partial charge >= 0.3 is 5.97 Å². The van der Waals surface area contributed by atoms with E-state index in [1.54, 1.807) is 17.6 Å². The Labute approximate surface area is 140 Å². The average Bonchev–Trinajstić information content (AvgIpc) is 2.97. The van der Waals surface area contributed by atoms with Crippen LogP contribution in [0.5, 0.6) is 0 Å². The SMILES string of the molecule is O=C(OC1CCN(Cc2ccsc2)CC1)[C@@H]1C[C@H]1c1ccco1. The molecule has 0 aromatic carbocycles. The van der Waals surface area contributed by atoms with Crippen LogP contribution in [0.4, 0.5) is 0 Å². The molecule has 1 saturated heterocycles. The number of ether oxygens (including phenoxy) is 1. The molecule has 2 atom stereocenters. The van der Waals surface area contributed by atoms with Crippen LogP contribution < -0.4 is 0 Å². The third kappa shape index (κ3) is 3.51. The summed E-state index contributed by atoms with van der Waals surface area (Å²) in [5.41, 5.74) is 1.38. The number of furan rings is 1. The summed E-state index contributed by atoms with van der Waals surface area (Å²) in [5, 5.41) is 4.32. The van der Waals surface area contributed by atoms with Crippen LogP contribution in [0.25, 0.3) is 0 Å². The summed E-state index contributed by atoms with van der Waals surface area (Å²) in [6, 6.07) is 6.00. The molecule has 2 aliphatic rings. The third-order valence-electron chi connectivity index (χ3n) is 4.81. The molecule has 5 heteroatoms. The van der Waals surface area contributed by atoms with Crippen LogP contribution in [0.3, 0.4) is 0 Å². The molecule has 1 saturated carbocycles. The zero-order chi connectivity index (χ0) is 15.6. The number of hydrogen-bond donors (Lipinski definition) is 0. The largest absolute Gasteiger partial charge is 0.469 e. The molecule has 2 aromatic rings. The van der Waals surface area contributed by atoms with Crippen LogP contribution in [-0.4, -0.2) is 30.1 Å². The predicted molar refractivity (Wildman–Crippen MR) is 88.3 cm³/mol. The van der Waals surface area contributed by atoms with Gasteiger partial charge in [-0.05, 0) is 53.8 Å². The van der Waals surface area contributed by atoms with Crippen molar-refractivity contribution >= 4 is 17.3 Å². The fourth-order valence-electron chi connectivity index (χ4n) is 3.35. The summed E-state index contributed by atoms with van der Waals surface area (Å²) in [7, 11) is 0. The molecule has 0 radical (unpaired) electrons. The van der Waals surface area contributed by atoms with Gasteiger partial charge in [-0.15, -0.1) is 0 Å². The number of carbonyl (C=O) groups is 1. The summed E-state index contributed by atoms with van der Waals surface area (Å²) >= 11 is 1.74. The second-order valence-corrected chi connectivity index (χ2v) is 7.29. The van der Waals surface area contributed by atoms with E-state index in [2.05, 4.69) is 21.7 Å². The Balaban J connectivity index is 1.22. The van der Waals surface area contributed by atoms with Gasteiger partial charge in [-0.25, -0.2) is 0 Å². The molecule has 23 heavy (non-hydrogen) atoms. The third-order valence-corrected chi connectivity index (χ3v) is 5.54. The zero-order valence-corrected chi connectivity index (χ0v) is 13.8. The molecule has 2 fully saturated rings. The fourth-order valence-corrected chi connectivity index (χ4v) is 4.01. The van der Waals surface area contributed by atoms with Gasteiger partial charge in [-0.2, -0.15) is 11.3 Å². The van der Waals surface area contributed by atoms with Crippen LogP contribution in [0, 0.1) is 5.92 Å². The molecular weight excluding hydrogens is 310 g/mol. The van der Waals surface area contributed by atoms with Gasteiger partial charge in [0.1, 0.15) is 11.9 Å². The van der Waals surface area contributed by atoms with E-state index in [-0.39, 0.29) is 23.9 Å². The second-order valence-electron chi connectivity index (χ2n) is 6.51. The molecule has 3 heterocycles. The molecule has 0 bridgehead atoms. The molecule has 2 aromatic heterocycles. The van der Waals surface area contributed by atoms with Gasteiger partial charge in [0.2, 0.25) is 0 Å². The predicted octanol–water partition coefficient (Wildman–Crippen LogP) is 3.65.